The molecule has 1 atom stereocenters. The van der Waals surface area contributed by atoms with E-state index in [2.05, 4.69) is 4.98 Å². The Hall–Kier alpha value is -2.36. The molecule has 3 rings (SSSR count). The average Bonchev–Trinajstić information content (AvgIpc) is 3.03. The van der Waals surface area contributed by atoms with Gasteiger partial charge >= 0.3 is 0 Å². The van der Waals surface area contributed by atoms with Gasteiger partial charge in [0, 0.05) is 18.4 Å². The zero-order valence-corrected chi connectivity index (χ0v) is 11.7. The van der Waals surface area contributed by atoms with E-state index in [-0.39, 0.29) is 6.04 Å². The number of nitrogens with zero attached hydrogens (tertiary/aromatic N) is 1. The van der Waals surface area contributed by atoms with E-state index in [0.29, 0.717) is 6.54 Å². The second-order valence-corrected chi connectivity index (χ2v) is 5.02. The molecule has 0 spiro atoms. The second-order valence-electron chi connectivity index (χ2n) is 5.02. The van der Waals surface area contributed by atoms with E-state index in [4.69, 9.17) is 0 Å². The Morgan fingerprint density at radius 3 is 2.14 bits per heavy atom. The first kappa shape index (κ1) is 13.6. The number of rotatable bonds is 5. The quantitative estimate of drug-likeness (QED) is 0.692. The molecule has 2 aromatic carbocycles. The highest BCUT2D eigenvalue weighted by atomic mass is 16.5. The standard InChI is InChI=1S/C18H18N2O/c21-20(14-15-8-3-1-4-9-15)18(17-12-7-13-19-17)16-10-5-2-6-11-16/h1-13,18-19,21H,14H2. The number of nitrogens with one attached hydrogen (secondary N) is 1. The zero-order chi connectivity index (χ0) is 14.5. The molecule has 3 aromatic rings. The summed E-state index contributed by atoms with van der Waals surface area (Å²) in [4.78, 5) is 3.20. The number of hydrogen-bond acceptors (Lipinski definition) is 2. The SMILES string of the molecule is ON(Cc1ccccc1)C(c1ccccc1)c1ccc[nH]1. The van der Waals surface area contributed by atoms with Crippen molar-refractivity contribution in [2.24, 2.45) is 0 Å². The first-order valence-electron chi connectivity index (χ1n) is 7.02. The van der Waals surface area contributed by atoms with Gasteiger partial charge in [-0.2, -0.15) is 5.06 Å². The van der Waals surface area contributed by atoms with Crippen LogP contribution in [-0.4, -0.2) is 15.3 Å². The molecule has 3 heteroatoms. The van der Waals surface area contributed by atoms with Crippen LogP contribution in [0.3, 0.4) is 0 Å². The first-order valence-corrected chi connectivity index (χ1v) is 7.02. The summed E-state index contributed by atoms with van der Waals surface area (Å²) in [7, 11) is 0. The number of aromatic amines is 1. The van der Waals surface area contributed by atoms with Crippen LogP contribution < -0.4 is 0 Å². The normalized spacial score (nSPS) is 12.5. The van der Waals surface area contributed by atoms with Gasteiger partial charge in [-0.3, -0.25) is 0 Å². The number of H-pyrrole nitrogens is 1. The highest BCUT2D eigenvalue weighted by molar-refractivity contribution is 5.28. The molecule has 0 radical (unpaired) electrons. The van der Waals surface area contributed by atoms with Crippen molar-refractivity contribution in [3.63, 3.8) is 0 Å². The van der Waals surface area contributed by atoms with Gasteiger partial charge in [0.05, 0.1) is 0 Å². The van der Waals surface area contributed by atoms with Gasteiger partial charge < -0.3 is 10.2 Å². The smallest absolute Gasteiger partial charge is 0.100 e. The van der Waals surface area contributed by atoms with E-state index >= 15 is 0 Å². The summed E-state index contributed by atoms with van der Waals surface area (Å²) in [6, 6.07) is 23.7. The molecule has 1 aromatic heterocycles. The molecule has 0 bridgehead atoms. The van der Waals surface area contributed by atoms with Gasteiger partial charge in [-0.1, -0.05) is 60.7 Å². The van der Waals surface area contributed by atoms with Gasteiger partial charge in [-0.05, 0) is 23.3 Å². The largest absolute Gasteiger partial charge is 0.363 e. The summed E-state index contributed by atoms with van der Waals surface area (Å²) in [6.07, 6.45) is 1.88. The lowest BCUT2D eigenvalue weighted by atomic mass is 10.0. The second kappa shape index (κ2) is 6.39. The average molecular weight is 278 g/mol. The summed E-state index contributed by atoms with van der Waals surface area (Å²) in [5, 5.41) is 12.0. The summed E-state index contributed by atoms with van der Waals surface area (Å²) in [5.74, 6) is 0. The fourth-order valence-corrected chi connectivity index (χ4v) is 2.52. The van der Waals surface area contributed by atoms with Gasteiger partial charge in [0.25, 0.3) is 0 Å². The molecule has 0 fully saturated rings. The Bertz CT molecular complexity index is 650. The van der Waals surface area contributed by atoms with Crippen LogP contribution in [0.2, 0.25) is 0 Å². The van der Waals surface area contributed by atoms with Crippen LogP contribution in [0.4, 0.5) is 0 Å². The van der Waals surface area contributed by atoms with Crippen molar-refractivity contribution in [2.75, 3.05) is 0 Å². The molecular weight excluding hydrogens is 260 g/mol. The summed E-state index contributed by atoms with van der Waals surface area (Å²) in [6.45, 7) is 0.472. The fourth-order valence-electron chi connectivity index (χ4n) is 2.52. The summed E-state index contributed by atoms with van der Waals surface area (Å²) in [5.41, 5.74) is 3.10. The van der Waals surface area contributed by atoms with Crippen molar-refractivity contribution >= 4 is 0 Å². The molecule has 2 N–H and O–H groups in total. The Labute approximate surface area is 124 Å². The molecule has 0 saturated carbocycles. The van der Waals surface area contributed by atoms with Gasteiger partial charge in [0.15, 0.2) is 0 Å². The van der Waals surface area contributed by atoms with Gasteiger partial charge in [0.1, 0.15) is 6.04 Å². The third-order valence-corrected chi connectivity index (χ3v) is 3.52. The summed E-state index contributed by atoms with van der Waals surface area (Å²) < 4.78 is 0. The first-order chi connectivity index (χ1) is 10.3. The minimum atomic E-state index is -0.207. The van der Waals surface area contributed by atoms with Crippen molar-refractivity contribution in [1.29, 1.82) is 0 Å². The minimum absolute atomic E-state index is 0.207. The molecule has 1 heterocycles. The van der Waals surface area contributed by atoms with Gasteiger partial charge in [-0.15, -0.1) is 0 Å². The fraction of sp³-hybridized carbons (Fsp3) is 0.111. The maximum atomic E-state index is 10.6. The lowest BCUT2D eigenvalue weighted by Gasteiger charge is -2.26. The van der Waals surface area contributed by atoms with Crippen molar-refractivity contribution in [1.82, 2.24) is 10.0 Å². The summed E-state index contributed by atoms with van der Waals surface area (Å²) >= 11 is 0. The lowest BCUT2D eigenvalue weighted by Crippen LogP contribution is -2.26. The van der Waals surface area contributed by atoms with E-state index in [1.165, 1.54) is 5.06 Å². The van der Waals surface area contributed by atoms with E-state index in [1.807, 2.05) is 79.0 Å². The predicted molar refractivity (Wildman–Crippen MR) is 82.8 cm³/mol. The van der Waals surface area contributed by atoms with E-state index in [1.54, 1.807) is 0 Å². The predicted octanol–water partition coefficient (Wildman–Crippen LogP) is 4.00. The maximum absolute atomic E-state index is 10.6. The van der Waals surface area contributed by atoms with E-state index in [0.717, 1.165) is 16.8 Å². The van der Waals surface area contributed by atoms with Crippen LogP contribution in [0.5, 0.6) is 0 Å². The third kappa shape index (κ3) is 3.21. The highest BCUT2D eigenvalue weighted by Crippen LogP contribution is 2.27. The van der Waals surface area contributed by atoms with Crippen LogP contribution in [0.1, 0.15) is 22.9 Å². The Morgan fingerprint density at radius 1 is 0.857 bits per heavy atom. The molecule has 1 unspecified atom stereocenters. The zero-order valence-electron chi connectivity index (χ0n) is 11.7. The van der Waals surface area contributed by atoms with Crippen LogP contribution in [-0.2, 0) is 6.54 Å². The molecule has 0 saturated heterocycles. The Kier molecular flexibility index (Phi) is 4.15. The lowest BCUT2D eigenvalue weighted by molar-refractivity contribution is -0.126. The Morgan fingerprint density at radius 2 is 1.52 bits per heavy atom. The number of hydroxylamine groups is 2. The van der Waals surface area contributed by atoms with Crippen LogP contribution >= 0.6 is 0 Å². The molecule has 0 amide bonds. The Balaban J connectivity index is 1.89. The molecule has 0 aliphatic carbocycles. The van der Waals surface area contributed by atoms with Crippen molar-refractivity contribution in [3.8, 4) is 0 Å². The van der Waals surface area contributed by atoms with Crippen LogP contribution in [0.15, 0.2) is 79.0 Å². The van der Waals surface area contributed by atoms with Crippen molar-refractivity contribution < 1.29 is 5.21 Å². The van der Waals surface area contributed by atoms with Crippen molar-refractivity contribution in [3.05, 3.63) is 95.8 Å². The molecule has 3 nitrogen and oxygen atoms in total. The van der Waals surface area contributed by atoms with Crippen molar-refractivity contribution in [2.45, 2.75) is 12.6 Å². The van der Waals surface area contributed by atoms with E-state index < -0.39 is 0 Å². The molecule has 0 aliphatic heterocycles. The van der Waals surface area contributed by atoms with E-state index in [9.17, 15) is 5.21 Å². The number of aromatic nitrogens is 1. The maximum Gasteiger partial charge on any atom is 0.100 e. The molecule has 21 heavy (non-hydrogen) atoms. The van der Waals surface area contributed by atoms with Crippen LogP contribution in [0, 0.1) is 0 Å². The molecule has 0 aliphatic rings. The topological polar surface area (TPSA) is 39.3 Å². The monoisotopic (exact) mass is 278 g/mol. The minimum Gasteiger partial charge on any atom is -0.363 e. The number of benzene rings is 2. The molecular formula is C18H18N2O. The molecule has 106 valence electrons. The van der Waals surface area contributed by atoms with Gasteiger partial charge in [-0.25, -0.2) is 0 Å². The van der Waals surface area contributed by atoms with Crippen LogP contribution in [0.25, 0.3) is 0 Å². The third-order valence-electron chi connectivity index (χ3n) is 3.52. The highest BCUT2D eigenvalue weighted by Gasteiger charge is 2.21. The van der Waals surface area contributed by atoms with Gasteiger partial charge in [0.2, 0.25) is 0 Å². The number of hydrogen-bond donors (Lipinski definition) is 2.